The molecule has 0 radical (unpaired) electrons. The van der Waals surface area contributed by atoms with Crippen LogP contribution in [0.15, 0.2) is 12.4 Å². The van der Waals surface area contributed by atoms with Gasteiger partial charge in [-0.25, -0.2) is 19.6 Å². The zero-order valence-electron chi connectivity index (χ0n) is 12.0. The van der Waals surface area contributed by atoms with Crippen molar-refractivity contribution in [2.24, 2.45) is 0 Å². The average molecular weight is 342 g/mol. The van der Waals surface area contributed by atoms with E-state index >= 15 is 0 Å². The molecule has 0 saturated carbocycles. The summed E-state index contributed by atoms with van der Waals surface area (Å²) in [6.45, 7) is -1.79. The number of aromatic nitrogens is 2. The maximum absolute atomic E-state index is 12.0. The second-order valence-electron chi connectivity index (χ2n) is 4.35. The molecular formula is C12H14N4O8. The summed E-state index contributed by atoms with van der Waals surface area (Å²) in [6.07, 6.45) is 2.11. The second kappa shape index (κ2) is 8.50. The highest BCUT2D eigenvalue weighted by molar-refractivity contribution is 6.06. The zero-order chi connectivity index (χ0) is 18.3. The molecule has 1 rings (SSSR count). The Morgan fingerprint density at radius 3 is 1.42 bits per heavy atom. The van der Waals surface area contributed by atoms with Gasteiger partial charge in [0.25, 0.3) is 11.8 Å². The molecule has 1 heterocycles. The standard InChI is InChI=1S/C12H14N4O8/c17-3-5(11(21)22)15-9(19)7-8(14-2-1-13-7)10(20)16-6(4-18)12(23)24/h1-2,5-6,17-18H,3-4H2,(H,15,19)(H,16,20)(H,21,22)(H,23,24)/t5-,6+. The van der Waals surface area contributed by atoms with E-state index < -0.39 is 60.4 Å². The molecule has 2 atom stereocenters. The molecule has 0 aliphatic rings. The molecule has 1 aromatic rings. The van der Waals surface area contributed by atoms with Gasteiger partial charge in [0.15, 0.2) is 23.5 Å². The van der Waals surface area contributed by atoms with Gasteiger partial charge in [-0.05, 0) is 0 Å². The van der Waals surface area contributed by atoms with Crippen LogP contribution in [0.2, 0.25) is 0 Å². The number of carboxylic acid groups (broad SMARTS) is 2. The molecule has 12 nitrogen and oxygen atoms in total. The highest BCUT2D eigenvalue weighted by atomic mass is 16.4. The Morgan fingerprint density at radius 1 is 0.833 bits per heavy atom. The predicted molar refractivity (Wildman–Crippen MR) is 74.0 cm³/mol. The topological polar surface area (TPSA) is 199 Å². The molecule has 0 bridgehead atoms. The number of carbonyl (C=O) groups is 4. The molecule has 0 aliphatic heterocycles. The van der Waals surface area contributed by atoms with Crippen LogP contribution < -0.4 is 10.6 Å². The lowest BCUT2D eigenvalue weighted by atomic mass is 10.2. The summed E-state index contributed by atoms with van der Waals surface area (Å²) < 4.78 is 0. The van der Waals surface area contributed by atoms with Crippen LogP contribution in [0.4, 0.5) is 0 Å². The molecule has 24 heavy (non-hydrogen) atoms. The van der Waals surface area contributed by atoms with Gasteiger partial charge in [-0.1, -0.05) is 0 Å². The highest BCUT2D eigenvalue weighted by Gasteiger charge is 2.27. The summed E-state index contributed by atoms with van der Waals surface area (Å²) in [5, 5.41) is 39.2. The lowest BCUT2D eigenvalue weighted by molar-refractivity contribution is -0.141. The predicted octanol–water partition coefficient (Wildman–Crippen LogP) is -3.17. The number of carboxylic acids is 2. The quantitative estimate of drug-likeness (QED) is 0.280. The van der Waals surface area contributed by atoms with Crippen molar-refractivity contribution in [3.8, 4) is 0 Å². The van der Waals surface area contributed by atoms with Gasteiger partial charge in [-0.15, -0.1) is 0 Å². The first kappa shape index (κ1) is 18.9. The summed E-state index contributed by atoms with van der Waals surface area (Å²) in [6, 6.07) is -3.25. The largest absolute Gasteiger partial charge is 0.480 e. The van der Waals surface area contributed by atoms with Crippen LogP contribution in [0.3, 0.4) is 0 Å². The van der Waals surface area contributed by atoms with E-state index in [0.717, 1.165) is 12.4 Å². The Hall–Kier alpha value is -3.12. The Bertz CT molecular complexity index is 595. The van der Waals surface area contributed by atoms with Crippen molar-refractivity contribution >= 4 is 23.8 Å². The number of aliphatic hydroxyl groups is 2. The molecule has 12 heteroatoms. The van der Waals surface area contributed by atoms with Crippen molar-refractivity contribution in [1.82, 2.24) is 20.6 Å². The number of aliphatic hydroxyl groups excluding tert-OH is 2. The maximum Gasteiger partial charge on any atom is 0.328 e. The SMILES string of the molecule is O=C(N[C@@H](CO)C(=O)O)c1nccnc1C(=O)N[C@H](CO)C(=O)O. The molecule has 6 N–H and O–H groups in total. The average Bonchev–Trinajstić information content (AvgIpc) is 2.56. The number of amides is 2. The van der Waals surface area contributed by atoms with Crippen molar-refractivity contribution in [2.45, 2.75) is 12.1 Å². The van der Waals surface area contributed by atoms with Gasteiger partial charge in [-0.3, -0.25) is 9.59 Å². The third kappa shape index (κ3) is 4.69. The first-order valence-corrected chi connectivity index (χ1v) is 6.41. The third-order valence-electron chi connectivity index (χ3n) is 2.70. The zero-order valence-corrected chi connectivity index (χ0v) is 12.0. The van der Waals surface area contributed by atoms with Crippen LogP contribution in [-0.2, 0) is 9.59 Å². The van der Waals surface area contributed by atoms with E-state index in [4.69, 9.17) is 20.4 Å². The molecule has 2 amide bonds. The lowest BCUT2D eigenvalue weighted by Crippen LogP contribution is -2.46. The second-order valence-corrected chi connectivity index (χ2v) is 4.35. The van der Waals surface area contributed by atoms with Crippen LogP contribution in [0.1, 0.15) is 21.0 Å². The lowest BCUT2D eigenvalue weighted by Gasteiger charge is -2.14. The van der Waals surface area contributed by atoms with E-state index in [9.17, 15) is 19.2 Å². The smallest absolute Gasteiger partial charge is 0.328 e. The molecule has 0 aromatic carbocycles. The summed E-state index contributed by atoms with van der Waals surface area (Å²) in [7, 11) is 0. The Labute approximate surface area is 134 Å². The normalized spacial score (nSPS) is 12.8. The fourth-order valence-electron chi connectivity index (χ4n) is 1.49. The van der Waals surface area contributed by atoms with Gasteiger partial charge >= 0.3 is 11.9 Å². The van der Waals surface area contributed by atoms with E-state index in [2.05, 4.69) is 9.97 Å². The molecule has 0 aliphatic carbocycles. The van der Waals surface area contributed by atoms with Crippen LogP contribution in [0.25, 0.3) is 0 Å². The molecule has 0 unspecified atom stereocenters. The van der Waals surface area contributed by atoms with Crippen LogP contribution in [-0.4, -0.2) is 79.4 Å². The summed E-state index contributed by atoms with van der Waals surface area (Å²) >= 11 is 0. The number of aliphatic carboxylic acids is 2. The van der Waals surface area contributed by atoms with Gasteiger partial charge in [0.1, 0.15) is 0 Å². The van der Waals surface area contributed by atoms with Gasteiger partial charge in [0.2, 0.25) is 0 Å². The number of nitrogens with zero attached hydrogens (tertiary/aromatic N) is 2. The third-order valence-corrected chi connectivity index (χ3v) is 2.70. The van der Waals surface area contributed by atoms with Crippen molar-refractivity contribution < 1.29 is 39.6 Å². The number of hydrogen-bond donors (Lipinski definition) is 6. The monoisotopic (exact) mass is 342 g/mol. The van der Waals surface area contributed by atoms with Crippen LogP contribution >= 0.6 is 0 Å². The molecule has 1 aromatic heterocycles. The van der Waals surface area contributed by atoms with Crippen molar-refractivity contribution in [1.29, 1.82) is 0 Å². The van der Waals surface area contributed by atoms with Gasteiger partial charge in [0.05, 0.1) is 13.2 Å². The minimum atomic E-state index is -1.63. The molecule has 0 saturated heterocycles. The van der Waals surface area contributed by atoms with Crippen molar-refractivity contribution in [2.75, 3.05) is 13.2 Å². The van der Waals surface area contributed by atoms with E-state index in [1.165, 1.54) is 0 Å². The summed E-state index contributed by atoms with van der Waals surface area (Å²) in [5.41, 5.74) is -1.14. The summed E-state index contributed by atoms with van der Waals surface area (Å²) in [5.74, 6) is -5.23. The fourth-order valence-corrected chi connectivity index (χ4v) is 1.49. The molecule has 0 spiro atoms. The minimum Gasteiger partial charge on any atom is -0.480 e. The van der Waals surface area contributed by atoms with Crippen LogP contribution in [0.5, 0.6) is 0 Å². The van der Waals surface area contributed by atoms with E-state index in [0.29, 0.717) is 0 Å². The van der Waals surface area contributed by atoms with Crippen LogP contribution in [0, 0.1) is 0 Å². The van der Waals surface area contributed by atoms with E-state index in [-0.39, 0.29) is 0 Å². The first-order valence-electron chi connectivity index (χ1n) is 6.41. The van der Waals surface area contributed by atoms with E-state index in [1.807, 2.05) is 10.6 Å². The first-order chi connectivity index (χ1) is 11.3. The summed E-state index contributed by atoms with van der Waals surface area (Å²) in [4.78, 5) is 52.8. The highest BCUT2D eigenvalue weighted by Crippen LogP contribution is 2.03. The molecule has 0 fully saturated rings. The molecular weight excluding hydrogens is 328 g/mol. The van der Waals surface area contributed by atoms with Gasteiger partial charge < -0.3 is 31.1 Å². The fraction of sp³-hybridized carbons (Fsp3) is 0.333. The van der Waals surface area contributed by atoms with Crippen molar-refractivity contribution in [3.63, 3.8) is 0 Å². The minimum absolute atomic E-state index is 0.572. The number of hydrogen-bond acceptors (Lipinski definition) is 8. The van der Waals surface area contributed by atoms with Gasteiger partial charge in [-0.2, -0.15) is 0 Å². The number of rotatable bonds is 8. The maximum atomic E-state index is 12.0. The number of nitrogens with one attached hydrogen (secondary N) is 2. The molecule has 130 valence electrons. The van der Waals surface area contributed by atoms with Crippen molar-refractivity contribution in [3.05, 3.63) is 23.8 Å². The van der Waals surface area contributed by atoms with E-state index in [1.54, 1.807) is 0 Å². The Kier molecular flexibility index (Phi) is 6.70. The number of carbonyl (C=O) groups excluding carboxylic acids is 2. The van der Waals surface area contributed by atoms with Gasteiger partial charge in [0, 0.05) is 12.4 Å². The Morgan fingerprint density at radius 2 is 1.17 bits per heavy atom. The Balaban J connectivity index is 3.03.